The van der Waals surface area contributed by atoms with Gasteiger partial charge in [0.1, 0.15) is 5.76 Å². The molecule has 24 heavy (non-hydrogen) atoms. The van der Waals surface area contributed by atoms with Gasteiger partial charge < -0.3 is 19.4 Å². The van der Waals surface area contributed by atoms with Crippen LogP contribution in [0.5, 0.6) is 0 Å². The van der Waals surface area contributed by atoms with E-state index in [0.29, 0.717) is 25.6 Å². The third-order valence-electron chi connectivity index (χ3n) is 4.27. The third-order valence-corrected chi connectivity index (χ3v) is 4.27. The highest BCUT2D eigenvalue weighted by molar-refractivity contribution is 5.81. The van der Waals surface area contributed by atoms with Gasteiger partial charge in [-0.3, -0.25) is 4.79 Å². The van der Waals surface area contributed by atoms with Crippen LogP contribution >= 0.6 is 0 Å². The molecular weight excluding hydrogens is 304 g/mol. The number of amides is 1. The van der Waals surface area contributed by atoms with Crippen molar-refractivity contribution in [3.05, 3.63) is 54.0 Å². The zero-order valence-corrected chi connectivity index (χ0v) is 14.0. The van der Waals surface area contributed by atoms with E-state index in [0.717, 1.165) is 31.1 Å². The molecule has 1 atom stereocenters. The first kappa shape index (κ1) is 16.6. The largest absolute Gasteiger partial charge is 0.467 e. The summed E-state index contributed by atoms with van der Waals surface area (Å²) in [5.74, 6) is 1.30. The number of hydrogen-bond donors (Lipinski definition) is 1. The molecule has 1 amide bonds. The van der Waals surface area contributed by atoms with Gasteiger partial charge in [0.05, 0.1) is 26.0 Å². The van der Waals surface area contributed by atoms with Crippen molar-refractivity contribution >= 4 is 11.6 Å². The van der Waals surface area contributed by atoms with Gasteiger partial charge in [-0.1, -0.05) is 17.7 Å². The highest BCUT2D eigenvalue weighted by Gasteiger charge is 2.18. The van der Waals surface area contributed by atoms with Crippen molar-refractivity contribution in [2.75, 3.05) is 31.2 Å². The average Bonchev–Trinajstić information content (AvgIpc) is 3.27. The van der Waals surface area contributed by atoms with Crippen molar-refractivity contribution in [2.24, 2.45) is 5.92 Å². The molecule has 5 nitrogen and oxygen atoms in total. The molecule has 1 N–H and O–H groups in total. The first-order valence-corrected chi connectivity index (χ1v) is 8.39. The van der Waals surface area contributed by atoms with E-state index in [2.05, 4.69) is 24.4 Å². The van der Waals surface area contributed by atoms with E-state index in [9.17, 15) is 4.79 Å². The van der Waals surface area contributed by atoms with Gasteiger partial charge >= 0.3 is 0 Å². The molecule has 0 spiro atoms. The molecule has 0 bridgehead atoms. The Labute approximate surface area is 142 Å². The van der Waals surface area contributed by atoms with Crippen LogP contribution in [0.25, 0.3) is 0 Å². The molecule has 2 aromatic rings. The zero-order chi connectivity index (χ0) is 16.8. The predicted molar refractivity (Wildman–Crippen MR) is 92.9 cm³/mol. The lowest BCUT2D eigenvalue weighted by Crippen LogP contribution is -2.39. The number of anilines is 1. The Bertz CT molecular complexity index is 631. The van der Waals surface area contributed by atoms with Gasteiger partial charge in [0.2, 0.25) is 5.91 Å². The van der Waals surface area contributed by atoms with Gasteiger partial charge in [0.25, 0.3) is 0 Å². The smallest absolute Gasteiger partial charge is 0.239 e. The van der Waals surface area contributed by atoms with Gasteiger partial charge in [-0.25, -0.2) is 0 Å². The van der Waals surface area contributed by atoms with E-state index in [1.54, 1.807) is 6.26 Å². The molecule has 5 heteroatoms. The number of benzene rings is 1. The van der Waals surface area contributed by atoms with E-state index in [4.69, 9.17) is 9.15 Å². The lowest BCUT2D eigenvalue weighted by atomic mass is 10.1. The Kier molecular flexibility index (Phi) is 5.54. The Balaban J connectivity index is 1.62. The summed E-state index contributed by atoms with van der Waals surface area (Å²) in [5.41, 5.74) is 2.21. The van der Waals surface area contributed by atoms with Crippen LogP contribution in [0.1, 0.15) is 17.7 Å². The molecule has 3 rings (SSSR count). The Morgan fingerprint density at radius 2 is 2.12 bits per heavy atom. The summed E-state index contributed by atoms with van der Waals surface area (Å²) >= 11 is 0. The normalized spacial score (nSPS) is 17.0. The zero-order valence-electron chi connectivity index (χ0n) is 14.0. The lowest BCUT2D eigenvalue weighted by molar-refractivity contribution is -0.120. The minimum absolute atomic E-state index is 0.0223. The highest BCUT2D eigenvalue weighted by Crippen LogP contribution is 2.18. The summed E-state index contributed by atoms with van der Waals surface area (Å²) in [5, 5.41) is 3.02. The van der Waals surface area contributed by atoms with Crippen LogP contribution in [-0.2, 0) is 16.1 Å². The van der Waals surface area contributed by atoms with Crippen molar-refractivity contribution in [3.63, 3.8) is 0 Å². The number of aryl methyl sites for hydroxylation is 1. The third kappa shape index (κ3) is 4.61. The quantitative estimate of drug-likeness (QED) is 0.849. The number of carbonyl (C=O) groups excluding carboxylic acids is 1. The number of rotatable bonds is 7. The van der Waals surface area contributed by atoms with Crippen LogP contribution in [0, 0.1) is 12.8 Å². The van der Waals surface area contributed by atoms with Gasteiger partial charge in [-0.15, -0.1) is 0 Å². The number of carbonyl (C=O) groups is 1. The molecule has 128 valence electrons. The predicted octanol–water partition coefficient (Wildman–Crippen LogP) is 2.75. The van der Waals surface area contributed by atoms with Gasteiger partial charge in [0.15, 0.2) is 0 Å². The molecule has 1 aromatic heterocycles. The van der Waals surface area contributed by atoms with Crippen LogP contribution in [0.2, 0.25) is 0 Å². The van der Waals surface area contributed by atoms with Crippen LogP contribution in [0.4, 0.5) is 5.69 Å². The van der Waals surface area contributed by atoms with Crippen molar-refractivity contribution in [1.29, 1.82) is 0 Å². The van der Waals surface area contributed by atoms with Gasteiger partial charge in [0, 0.05) is 24.8 Å². The van der Waals surface area contributed by atoms with Gasteiger partial charge in [-0.05, 0) is 37.6 Å². The number of nitrogens with one attached hydrogen (secondary N) is 1. The Morgan fingerprint density at radius 3 is 2.79 bits per heavy atom. The SMILES string of the molecule is Cc1ccc(N(CC(=O)NCC2CCOC2)Cc2ccco2)cc1. The second kappa shape index (κ2) is 8.02. The molecule has 2 heterocycles. The fourth-order valence-electron chi connectivity index (χ4n) is 2.82. The molecule has 1 aliphatic rings. The average molecular weight is 328 g/mol. The van der Waals surface area contributed by atoms with Crippen LogP contribution < -0.4 is 10.2 Å². The summed E-state index contributed by atoms with van der Waals surface area (Å²) in [6, 6.07) is 12.0. The number of nitrogens with zero attached hydrogens (tertiary/aromatic N) is 1. The van der Waals surface area contributed by atoms with E-state index in [1.807, 2.05) is 29.2 Å². The molecule has 1 saturated heterocycles. The number of ether oxygens (including phenoxy) is 1. The van der Waals surface area contributed by atoms with Gasteiger partial charge in [-0.2, -0.15) is 0 Å². The Hall–Kier alpha value is -2.27. The fraction of sp³-hybridized carbons (Fsp3) is 0.421. The summed E-state index contributed by atoms with van der Waals surface area (Å²) < 4.78 is 10.8. The van der Waals surface area contributed by atoms with Crippen LogP contribution in [0.15, 0.2) is 47.1 Å². The molecular formula is C19H24N2O3. The maximum Gasteiger partial charge on any atom is 0.239 e. The van der Waals surface area contributed by atoms with E-state index in [1.165, 1.54) is 5.56 Å². The molecule has 1 aliphatic heterocycles. The highest BCUT2D eigenvalue weighted by atomic mass is 16.5. The molecule has 0 saturated carbocycles. The minimum atomic E-state index is 0.0223. The summed E-state index contributed by atoms with van der Waals surface area (Å²) in [6.07, 6.45) is 2.68. The standard InChI is InChI=1S/C19H24N2O3/c1-15-4-6-17(7-5-15)21(12-18-3-2-9-24-18)13-19(22)20-11-16-8-10-23-14-16/h2-7,9,16H,8,10-14H2,1H3,(H,20,22). The van der Waals surface area contributed by atoms with Crippen molar-refractivity contribution in [1.82, 2.24) is 5.32 Å². The van der Waals surface area contributed by atoms with E-state index < -0.39 is 0 Å². The summed E-state index contributed by atoms with van der Waals surface area (Å²) in [7, 11) is 0. The van der Waals surface area contributed by atoms with Crippen molar-refractivity contribution in [2.45, 2.75) is 19.9 Å². The topological polar surface area (TPSA) is 54.7 Å². The van der Waals surface area contributed by atoms with Crippen molar-refractivity contribution in [3.8, 4) is 0 Å². The minimum Gasteiger partial charge on any atom is -0.467 e. The number of furan rings is 1. The Morgan fingerprint density at radius 1 is 1.29 bits per heavy atom. The number of hydrogen-bond acceptors (Lipinski definition) is 4. The molecule has 0 aliphatic carbocycles. The maximum absolute atomic E-state index is 12.4. The van der Waals surface area contributed by atoms with Crippen LogP contribution in [0.3, 0.4) is 0 Å². The summed E-state index contributed by atoms with van der Waals surface area (Å²) in [4.78, 5) is 14.4. The lowest BCUT2D eigenvalue weighted by Gasteiger charge is -2.24. The maximum atomic E-state index is 12.4. The van der Waals surface area contributed by atoms with Crippen LogP contribution in [-0.4, -0.2) is 32.2 Å². The molecule has 1 fully saturated rings. The first-order chi connectivity index (χ1) is 11.7. The monoisotopic (exact) mass is 328 g/mol. The summed E-state index contributed by atoms with van der Waals surface area (Å²) in [6.45, 7) is 5.15. The molecule has 1 aromatic carbocycles. The van der Waals surface area contributed by atoms with E-state index in [-0.39, 0.29) is 5.91 Å². The fourth-order valence-corrected chi connectivity index (χ4v) is 2.82. The first-order valence-electron chi connectivity index (χ1n) is 8.39. The van der Waals surface area contributed by atoms with E-state index >= 15 is 0 Å². The second-order valence-corrected chi connectivity index (χ2v) is 6.30. The second-order valence-electron chi connectivity index (χ2n) is 6.30. The van der Waals surface area contributed by atoms with Crippen molar-refractivity contribution < 1.29 is 13.9 Å². The molecule has 1 unspecified atom stereocenters. The molecule has 0 radical (unpaired) electrons.